The van der Waals surface area contributed by atoms with Gasteiger partial charge in [0.1, 0.15) is 0 Å². The molecule has 4 aromatic carbocycles. The van der Waals surface area contributed by atoms with E-state index in [0.717, 1.165) is 0 Å². The van der Waals surface area contributed by atoms with Crippen molar-refractivity contribution >= 4 is 36.0 Å². The first-order chi connectivity index (χ1) is 18.0. The van der Waals surface area contributed by atoms with Gasteiger partial charge in [-0.25, -0.2) is 0 Å². The van der Waals surface area contributed by atoms with E-state index < -0.39 is 25.9 Å². The summed E-state index contributed by atoms with van der Waals surface area (Å²) in [4.78, 5) is 0. The standard InChI is InChI=1S/C32H36O4P2/c1-31(2,35-37(33,27-17-9-5-10-18-27)28-19-11-6-12-20-28)25-26-32(3,4)36-38(34,29-21-13-7-14-22-29)30-23-15-8-16-24-30/h5-24H,25-26H2,1-4H3. The van der Waals surface area contributed by atoms with Gasteiger partial charge in [0.15, 0.2) is 0 Å². The molecule has 0 heterocycles. The van der Waals surface area contributed by atoms with Gasteiger partial charge in [-0.15, -0.1) is 0 Å². The smallest absolute Gasteiger partial charge is 0.261 e. The van der Waals surface area contributed by atoms with Crippen molar-refractivity contribution in [1.82, 2.24) is 0 Å². The van der Waals surface area contributed by atoms with Crippen LogP contribution in [0.2, 0.25) is 0 Å². The molecule has 6 heteroatoms. The molecule has 0 unspecified atom stereocenters. The zero-order valence-corrected chi connectivity index (χ0v) is 24.3. The largest absolute Gasteiger partial charge is 0.316 e. The predicted molar refractivity (Wildman–Crippen MR) is 159 cm³/mol. The van der Waals surface area contributed by atoms with Crippen LogP contribution < -0.4 is 21.2 Å². The molecule has 0 aliphatic heterocycles. The third-order valence-electron chi connectivity index (χ3n) is 6.46. The summed E-state index contributed by atoms with van der Waals surface area (Å²) in [7, 11) is -6.72. The fraction of sp³-hybridized carbons (Fsp3) is 0.250. The van der Waals surface area contributed by atoms with Crippen molar-refractivity contribution in [2.75, 3.05) is 0 Å². The van der Waals surface area contributed by atoms with Gasteiger partial charge in [-0.3, -0.25) is 9.13 Å². The summed E-state index contributed by atoms with van der Waals surface area (Å²) >= 11 is 0. The lowest BCUT2D eigenvalue weighted by Gasteiger charge is -2.36. The number of hydrogen-bond donors (Lipinski definition) is 0. The molecule has 4 aromatic rings. The van der Waals surface area contributed by atoms with Gasteiger partial charge in [0.05, 0.1) is 11.2 Å². The first-order valence-corrected chi connectivity index (χ1v) is 16.1. The van der Waals surface area contributed by atoms with Crippen LogP contribution >= 0.6 is 14.7 Å². The van der Waals surface area contributed by atoms with Crippen molar-refractivity contribution in [3.63, 3.8) is 0 Å². The molecule has 198 valence electrons. The zero-order valence-electron chi connectivity index (χ0n) is 22.5. The summed E-state index contributed by atoms with van der Waals surface area (Å²) in [5, 5.41) is 2.64. The molecule has 0 saturated heterocycles. The minimum atomic E-state index is -3.36. The Labute approximate surface area is 227 Å². The second kappa shape index (κ2) is 11.6. The van der Waals surface area contributed by atoms with Crippen LogP contribution in [-0.2, 0) is 18.2 Å². The van der Waals surface area contributed by atoms with E-state index in [-0.39, 0.29) is 0 Å². The van der Waals surface area contributed by atoms with Gasteiger partial charge in [-0.2, -0.15) is 0 Å². The average molecular weight is 547 g/mol. The summed E-state index contributed by atoms with van der Waals surface area (Å²) < 4.78 is 42.0. The van der Waals surface area contributed by atoms with Crippen molar-refractivity contribution in [2.45, 2.75) is 51.7 Å². The maximum Gasteiger partial charge on any atom is 0.261 e. The second-order valence-electron chi connectivity index (χ2n) is 10.6. The van der Waals surface area contributed by atoms with Crippen LogP contribution in [0.3, 0.4) is 0 Å². The van der Waals surface area contributed by atoms with Crippen LogP contribution in [-0.4, -0.2) is 11.2 Å². The van der Waals surface area contributed by atoms with Crippen molar-refractivity contribution in [2.24, 2.45) is 0 Å². The van der Waals surface area contributed by atoms with E-state index in [4.69, 9.17) is 9.05 Å². The predicted octanol–water partition coefficient (Wildman–Crippen LogP) is 7.22. The molecule has 0 aromatic heterocycles. The van der Waals surface area contributed by atoms with Gasteiger partial charge in [-0.1, -0.05) is 72.8 Å². The lowest BCUT2D eigenvalue weighted by atomic mass is 9.94. The highest BCUT2D eigenvalue weighted by Gasteiger charge is 2.39. The minimum Gasteiger partial charge on any atom is -0.316 e. The molecule has 0 fully saturated rings. The number of hydrogen-bond acceptors (Lipinski definition) is 4. The van der Waals surface area contributed by atoms with Gasteiger partial charge >= 0.3 is 0 Å². The van der Waals surface area contributed by atoms with Gasteiger partial charge in [-0.05, 0) is 89.1 Å². The molecule has 4 rings (SSSR count). The summed E-state index contributed by atoms with van der Waals surface area (Å²) in [5.74, 6) is 0. The highest BCUT2D eigenvalue weighted by atomic mass is 31.2. The Morgan fingerprint density at radius 2 is 0.658 bits per heavy atom. The molecule has 0 saturated carbocycles. The van der Waals surface area contributed by atoms with E-state index in [0.29, 0.717) is 34.1 Å². The fourth-order valence-electron chi connectivity index (χ4n) is 4.40. The molecule has 0 aliphatic carbocycles. The molecular formula is C32H36O4P2. The molecule has 0 aliphatic rings. The Bertz CT molecular complexity index is 1210. The van der Waals surface area contributed by atoms with Crippen LogP contribution in [0.1, 0.15) is 40.5 Å². The summed E-state index contributed by atoms with van der Waals surface area (Å²) in [6.45, 7) is 7.82. The first kappa shape index (κ1) is 28.3. The van der Waals surface area contributed by atoms with Crippen LogP contribution in [0.25, 0.3) is 0 Å². The molecule has 0 atom stereocenters. The molecule has 4 nitrogen and oxygen atoms in total. The minimum absolute atomic E-state index is 0.549. The van der Waals surface area contributed by atoms with Crippen LogP contribution in [0.4, 0.5) is 0 Å². The van der Waals surface area contributed by atoms with Crippen LogP contribution in [0.5, 0.6) is 0 Å². The highest BCUT2D eigenvalue weighted by Crippen LogP contribution is 2.52. The van der Waals surface area contributed by atoms with Crippen molar-refractivity contribution in [3.05, 3.63) is 121 Å². The fourth-order valence-corrected chi connectivity index (χ4v) is 9.25. The number of rotatable bonds is 11. The molecule has 38 heavy (non-hydrogen) atoms. The topological polar surface area (TPSA) is 52.6 Å². The van der Waals surface area contributed by atoms with Crippen molar-refractivity contribution < 1.29 is 18.2 Å². The normalized spacial score (nSPS) is 12.8. The van der Waals surface area contributed by atoms with E-state index in [1.165, 1.54) is 0 Å². The van der Waals surface area contributed by atoms with E-state index in [1.54, 1.807) is 0 Å². The zero-order chi connectivity index (χ0) is 27.3. The molecule has 0 bridgehead atoms. The Morgan fingerprint density at radius 1 is 0.447 bits per heavy atom. The summed E-state index contributed by atoms with van der Waals surface area (Å²) in [6.07, 6.45) is 1.10. The Morgan fingerprint density at radius 3 is 0.868 bits per heavy atom. The summed E-state index contributed by atoms with van der Waals surface area (Å²) in [6, 6.07) is 37.5. The van der Waals surface area contributed by atoms with Gasteiger partial charge in [0.25, 0.3) is 14.7 Å². The maximum atomic E-state index is 14.5. The lowest BCUT2D eigenvalue weighted by Crippen LogP contribution is -2.34. The molecule has 0 spiro atoms. The van der Waals surface area contributed by atoms with Gasteiger partial charge < -0.3 is 9.05 Å². The van der Waals surface area contributed by atoms with Crippen molar-refractivity contribution in [3.8, 4) is 0 Å². The molecular weight excluding hydrogens is 510 g/mol. The first-order valence-electron chi connectivity index (χ1n) is 12.9. The third-order valence-corrected chi connectivity index (χ3v) is 11.9. The van der Waals surface area contributed by atoms with E-state index >= 15 is 0 Å². The summed E-state index contributed by atoms with van der Waals surface area (Å²) in [5.41, 5.74) is -1.49. The molecule has 0 N–H and O–H groups in total. The maximum absolute atomic E-state index is 14.5. The Kier molecular flexibility index (Phi) is 8.60. The third kappa shape index (κ3) is 6.63. The molecule has 0 amide bonds. The monoisotopic (exact) mass is 546 g/mol. The number of benzene rings is 4. The lowest BCUT2D eigenvalue weighted by molar-refractivity contribution is 0.0529. The van der Waals surface area contributed by atoms with E-state index in [2.05, 4.69) is 0 Å². The van der Waals surface area contributed by atoms with Gasteiger partial charge in [0, 0.05) is 21.2 Å². The molecule has 0 radical (unpaired) electrons. The van der Waals surface area contributed by atoms with Crippen molar-refractivity contribution in [1.29, 1.82) is 0 Å². The van der Waals surface area contributed by atoms with Crippen LogP contribution in [0, 0.1) is 0 Å². The quantitative estimate of drug-likeness (QED) is 0.187. The van der Waals surface area contributed by atoms with Crippen LogP contribution in [0.15, 0.2) is 121 Å². The SMILES string of the molecule is CC(C)(CCC(C)(C)OP(=O)(c1ccccc1)c1ccccc1)OP(=O)(c1ccccc1)c1ccccc1. The second-order valence-corrected chi connectivity index (χ2v) is 15.3. The van der Waals surface area contributed by atoms with Gasteiger partial charge in [0.2, 0.25) is 0 Å². The van der Waals surface area contributed by atoms with E-state index in [1.807, 2.05) is 149 Å². The highest BCUT2D eigenvalue weighted by molar-refractivity contribution is 7.74. The van der Waals surface area contributed by atoms with E-state index in [9.17, 15) is 9.13 Å². The Balaban J connectivity index is 1.57. The average Bonchev–Trinajstić information content (AvgIpc) is 2.93. The Hall–Kier alpha value is -2.74.